The molecule has 2 unspecified atom stereocenters. The molecule has 0 spiro atoms. The van der Waals surface area contributed by atoms with E-state index in [1.165, 1.54) is 61.2 Å². The Morgan fingerprint density at radius 3 is 1.82 bits per heavy atom. The number of hydrogen-bond acceptors (Lipinski definition) is 0. The number of allylic oxidation sites excluding steroid dienone is 2. The third kappa shape index (κ3) is 5.13. The summed E-state index contributed by atoms with van der Waals surface area (Å²) in [6.45, 7) is 18.4. The Bertz CT molecular complexity index is 1790. The van der Waals surface area contributed by atoms with E-state index in [2.05, 4.69) is 158 Å². The number of hydrogen-bond donors (Lipinski definition) is 0. The van der Waals surface area contributed by atoms with Crippen LogP contribution in [-0.4, -0.2) is 5.92 Å². The van der Waals surface area contributed by atoms with Crippen LogP contribution in [0.15, 0.2) is 96.6 Å². The third-order valence-corrected chi connectivity index (χ3v) is 62.6. The van der Waals surface area contributed by atoms with Gasteiger partial charge in [-0.05, 0) is 0 Å². The molecule has 2 atom stereocenters. The molecule has 44 heavy (non-hydrogen) atoms. The molecule has 0 saturated carbocycles. The van der Waals surface area contributed by atoms with Crippen molar-refractivity contribution in [3.63, 3.8) is 0 Å². The van der Waals surface area contributed by atoms with Crippen LogP contribution in [0, 0.1) is 0 Å². The average molecular weight is 716 g/mol. The first-order valence-corrected chi connectivity index (χ1v) is 32.4. The molecule has 4 aromatic carbocycles. The van der Waals surface area contributed by atoms with Gasteiger partial charge in [0.05, 0.1) is 0 Å². The Morgan fingerprint density at radius 1 is 0.727 bits per heavy atom. The molecule has 2 aliphatic carbocycles. The molecule has 4 aromatic rings. The predicted molar refractivity (Wildman–Crippen MR) is 195 cm³/mol. The van der Waals surface area contributed by atoms with Gasteiger partial charge in [-0.15, -0.1) is 0 Å². The van der Waals surface area contributed by atoms with Crippen molar-refractivity contribution in [1.82, 2.24) is 0 Å². The topological polar surface area (TPSA) is 0 Å². The van der Waals surface area contributed by atoms with E-state index in [4.69, 9.17) is 17.0 Å². The second kappa shape index (κ2) is 11.4. The molecule has 0 amide bonds. The van der Waals surface area contributed by atoms with Gasteiger partial charge in [-0.1, -0.05) is 0 Å². The molecule has 0 fully saturated rings. The zero-order chi connectivity index (χ0) is 31.6. The number of halogens is 2. The van der Waals surface area contributed by atoms with E-state index < -0.39 is 21.5 Å². The Kier molecular flexibility index (Phi) is 8.28. The maximum absolute atomic E-state index is 8.36. The van der Waals surface area contributed by atoms with Crippen molar-refractivity contribution in [3.8, 4) is 22.3 Å². The van der Waals surface area contributed by atoms with Gasteiger partial charge in [0.2, 0.25) is 0 Å². The van der Waals surface area contributed by atoms with Crippen molar-refractivity contribution < 1.29 is 15.6 Å². The summed E-state index contributed by atoms with van der Waals surface area (Å²) in [7, 11) is 16.7. The van der Waals surface area contributed by atoms with Gasteiger partial charge in [0.15, 0.2) is 0 Å². The summed E-state index contributed by atoms with van der Waals surface area (Å²) in [5.74, 6) is -1.04. The third-order valence-electron chi connectivity index (χ3n) is 10.4. The van der Waals surface area contributed by atoms with Gasteiger partial charge in [-0.3, -0.25) is 0 Å². The molecule has 0 N–H and O–H groups in total. The summed E-state index contributed by atoms with van der Waals surface area (Å²) in [6, 6.07) is 31.7. The van der Waals surface area contributed by atoms with E-state index >= 15 is 0 Å². The van der Waals surface area contributed by atoms with E-state index in [-0.39, 0.29) is 12.7 Å². The van der Waals surface area contributed by atoms with E-state index in [1.807, 2.05) is 0 Å². The first-order chi connectivity index (χ1) is 20.7. The van der Waals surface area contributed by atoms with Crippen molar-refractivity contribution >= 4 is 35.1 Å². The van der Waals surface area contributed by atoms with E-state index in [0.29, 0.717) is 5.92 Å². The minimum absolute atomic E-state index is 0.0866. The van der Waals surface area contributed by atoms with Crippen molar-refractivity contribution in [1.29, 1.82) is 0 Å². The zero-order valence-corrected chi connectivity index (χ0v) is 32.5. The Hall–Kier alpha value is -1.96. The first kappa shape index (κ1) is 32.0. The van der Waals surface area contributed by atoms with Crippen molar-refractivity contribution in [2.24, 2.45) is 0 Å². The predicted octanol–water partition coefficient (Wildman–Crippen LogP) is 12.6. The zero-order valence-electron chi connectivity index (χ0n) is 27.4. The van der Waals surface area contributed by atoms with Gasteiger partial charge >= 0.3 is 276 Å². The van der Waals surface area contributed by atoms with Gasteiger partial charge in [-0.2, -0.15) is 0 Å². The van der Waals surface area contributed by atoms with Gasteiger partial charge in [0.25, 0.3) is 0 Å². The monoisotopic (exact) mass is 713 g/mol. The summed E-state index contributed by atoms with van der Waals surface area (Å²) >= 11 is -4.64. The molecule has 0 heterocycles. The van der Waals surface area contributed by atoms with Crippen LogP contribution < -0.4 is 0 Å². The normalized spacial score (nSPS) is 18.7. The molecular formula is C40H45Cl2SiZr. The minimum atomic E-state index is -4.64. The van der Waals surface area contributed by atoms with Crippen LogP contribution in [0.5, 0.6) is 0 Å². The van der Waals surface area contributed by atoms with Crippen LogP contribution >= 0.6 is 17.0 Å². The van der Waals surface area contributed by atoms with Crippen LogP contribution in [0.3, 0.4) is 0 Å². The fourth-order valence-electron chi connectivity index (χ4n) is 7.67. The molecule has 227 valence electrons. The number of benzene rings is 4. The standard InChI is InChI=1S/2C19H19.C2H7Si.2ClH.Zr/c1-19(2,3)16-12-10-15(11-13-16)18-9-5-7-14-6-4-8-17(14)18;1-13(2)15-7-9-16(10-8-15)18-6-4-5-17-11-14(3)12-19(17)18;1-3-2;;;/h2*4-13H,1-3H3;3H,1-2H3;2*1H;/q;;;;;+2/p-2. The number of fused-ring (bicyclic) bond motifs is 2. The average Bonchev–Trinajstić information content (AvgIpc) is 3.58. The van der Waals surface area contributed by atoms with Gasteiger partial charge in [0.1, 0.15) is 0 Å². The molecule has 6 rings (SSSR count). The summed E-state index contributed by atoms with van der Waals surface area (Å²) in [5.41, 5.74) is 14.5. The fraction of sp³-hybridized carbons (Fsp3) is 0.300. The summed E-state index contributed by atoms with van der Waals surface area (Å²) in [5, 5.41) is 0. The molecule has 4 heteroatoms. The molecule has 0 radical (unpaired) electrons. The first-order valence-electron chi connectivity index (χ1n) is 16.1. The quantitative estimate of drug-likeness (QED) is 0.174. The molecule has 0 saturated heterocycles. The molecular weight excluding hydrogens is 671 g/mol. The second-order valence-corrected chi connectivity index (χ2v) is 57.4. The molecule has 0 aliphatic heterocycles. The fourth-order valence-corrected chi connectivity index (χ4v) is 37.8. The Balaban J connectivity index is 1.45. The maximum atomic E-state index is 8.36. The van der Waals surface area contributed by atoms with E-state index in [9.17, 15) is 0 Å². The summed E-state index contributed by atoms with van der Waals surface area (Å²) in [6.07, 6.45) is 7.10. The second-order valence-electron chi connectivity index (χ2n) is 14.8. The molecule has 2 aliphatic rings. The molecule has 0 aromatic heterocycles. The molecule has 0 nitrogen and oxygen atoms in total. The molecule has 0 bridgehead atoms. The van der Waals surface area contributed by atoms with Crippen LogP contribution in [-0.2, 0) is 21.0 Å². The van der Waals surface area contributed by atoms with Gasteiger partial charge < -0.3 is 0 Å². The van der Waals surface area contributed by atoms with Crippen molar-refractivity contribution in [2.45, 2.75) is 73.2 Å². The van der Waals surface area contributed by atoms with Gasteiger partial charge in [0, 0.05) is 0 Å². The van der Waals surface area contributed by atoms with Crippen molar-refractivity contribution in [2.75, 3.05) is 0 Å². The van der Waals surface area contributed by atoms with Crippen LogP contribution in [0.2, 0.25) is 13.1 Å². The van der Waals surface area contributed by atoms with Crippen LogP contribution in [0.1, 0.15) is 88.1 Å². The van der Waals surface area contributed by atoms with E-state index in [1.54, 1.807) is 0 Å². The SMILES string of the molecule is CC1=Cc2c(-c3ccc(C(C)C)cc3)cccc2[CH]1[Zr]([Cl])([Cl])([CH]1C=Cc2c(-c3ccc(C(C)(C)C)cc3)cccc21)[SiH](C)C. The van der Waals surface area contributed by atoms with Crippen LogP contribution in [0.25, 0.3) is 34.4 Å². The summed E-state index contributed by atoms with van der Waals surface area (Å²) < 4.78 is 0.190. The van der Waals surface area contributed by atoms with Crippen molar-refractivity contribution in [3.05, 3.63) is 130 Å². The van der Waals surface area contributed by atoms with E-state index in [0.717, 1.165) is 0 Å². The Morgan fingerprint density at radius 2 is 1.27 bits per heavy atom. The van der Waals surface area contributed by atoms with Crippen LogP contribution in [0.4, 0.5) is 0 Å². The van der Waals surface area contributed by atoms with Gasteiger partial charge in [-0.25, -0.2) is 0 Å². The summed E-state index contributed by atoms with van der Waals surface area (Å²) in [4.78, 5) is 0. The number of rotatable bonds is 6. The Labute approximate surface area is 274 Å².